The van der Waals surface area contributed by atoms with E-state index in [2.05, 4.69) is 67.9 Å². The summed E-state index contributed by atoms with van der Waals surface area (Å²) in [6.45, 7) is -0.961. The predicted molar refractivity (Wildman–Crippen MR) is 482 cm³/mol. The first kappa shape index (κ1) is 96.3. The van der Waals surface area contributed by atoms with Crippen LogP contribution in [0.3, 0.4) is 0 Å². The first-order valence-electron chi connectivity index (χ1n) is 42.5. The highest BCUT2D eigenvalue weighted by Crippen LogP contribution is 2.58. The number of hydrogen-bond donors (Lipinski definition) is 0. The molecule has 5 fully saturated rings. The van der Waals surface area contributed by atoms with Crippen LogP contribution in [0.5, 0.6) is 0 Å². The predicted octanol–water partition coefficient (Wildman–Crippen LogP) is 18.7. The van der Waals surface area contributed by atoms with Gasteiger partial charge in [-0.25, -0.2) is 100 Å². The van der Waals surface area contributed by atoms with E-state index in [1.165, 1.54) is 95.8 Å². The zero-order valence-corrected chi connectivity index (χ0v) is 77.7. The fourth-order valence-corrected chi connectivity index (χ4v) is 28.1. The van der Waals surface area contributed by atoms with E-state index >= 15 is 0 Å². The Morgan fingerprint density at radius 2 is 0.847 bits per heavy atom. The van der Waals surface area contributed by atoms with Crippen LogP contribution < -0.4 is 0 Å². The molecule has 720 valence electrons. The topological polar surface area (TPSA) is 266 Å². The van der Waals surface area contributed by atoms with Gasteiger partial charge in [0.05, 0.1) is 135 Å². The van der Waals surface area contributed by atoms with Crippen molar-refractivity contribution in [2.24, 2.45) is 30.3 Å². The summed E-state index contributed by atoms with van der Waals surface area (Å²) in [6.07, 6.45) is 3.19. The third kappa shape index (κ3) is 18.4. The lowest BCUT2D eigenvalue weighted by atomic mass is 9.60. The van der Waals surface area contributed by atoms with Crippen molar-refractivity contribution in [3.05, 3.63) is 250 Å². The lowest BCUT2D eigenvalue weighted by molar-refractivity contribution is -0.135. The number of halogens is 17. The number of carbonyl (C=O) groups excluding carboxylic acids is 3. The summed E-state index contributed by atoms with van der Waals surface area (Å²) in [6, 6.07) is 17.5. The molecule has 12 aromatic rings. The van der Waals surface area contributed by atoms with E-state index in [-0.39, 0.29) is 123 Å². The molecule has 0 bridgehead atoms. The second-order valence-electron chi connectivity index (χ2n) is 35.0. The Morgan fingerprint density at radius 3 is 1.18 bits per heavy atom. The van der Waals surface area contributed by atoms with Crippen molar-refractivity contribution in [3.8, 4) is 17.1 Å². The Kier molecular flexibility index (Phi) is 25.1. The molecule has 0 N–H and O–H groups in total. The Morgan fingerprint density at radius 1 is 0.467 bits per heavy atom. The average molecular weight is 2040 g/mol. The van der Waals surface area contributed by atoms with Gasteiger partial charge in [-0.2, -0.15) is 54.8 Å². The summed E-state index contributed by atoms with van der Waals surface area (Å²) < 4.78 is 274. The van der Waals surface area contributed by atoms with Crippen molar-refractivity contribution in [2.75, 3.05) is 6.54 Å². The molecule has 3 unspecified atom stereocenters. The van der Waals surface area contributed by atoms with Crippen LogP contribution in [-0.2, 0) is 81.0 Å². The second-order valence-corrected chi connectivity index (χ2v) is 44.9. The standard InChI is InChI=1S/C31H26ClF4N5O2S2.C31H28F6N6O2S2.C28H25F6N7O2S2/c1-45(43,27-11-3-20(32)16-37-27)41(23-9-10-23)24-6-2-19-12-25-18(15-39-40(25)22-7-4-21(33)5-8-22)13-30(19,14-24)28(42)29-38-17-26(44-29)31(34,35)36;1-41-16-26(39-17-41)47(2,45)43(23-12-30(33,34)13-23)22-6-3-19-9-24-18(14-40-42(24)21-7-4-20(32)5-8-21)10-29(19,11-22)27(44)28-38-15-25(46-28)31(35,36)37;1-39-15-36-26(38-39)45(2,43)40(14-23(30)31)20-6-3-17-9-21-16(12-37-41(21)19-7-4-18(29)5-8-19)10-27(17,11-20)24(42)25-35-13-22(44-25)28(32,33)34/h3-5,7-8,11-12,15-17,23-24H,1-2,6,9-10,13-14H2;4-5,7-9,14-17,22-23H,2-3,6,10-13H2,1H3;4-5,7-9,12-13,15,20,23H,2-3,6,10-11,14H2,1H3/t24-,30-,45?;22-,29-,47?;20-,27-,45?/m000/s1. The number of carbonyl (C=O) groups is 3. The number of aromatic nitrogens is 15. The van der Waals surface area contributed by atoms with Crippen molar-refractivity contribution in [3.63, 3.8) is 0 Å². The third-order valence-electron chi connectivity index (χ3n) is 26.1. The molecule has 9 atom stereocenters. The van der Waals surface area contributed by atoms with Crippen molar-refractivity contribution >= 4 is 128 Å². The number of allylic oxidation sites excluding steroid dienone is 3. The van der Waals surface area contributed by atoms with Gasteiger partial charge in [-0.1, -0.05) is 28.3 Å². The minimum absolute atomic E-state index is 0.0266. The molecule has 0 radical (unpaired) electrons. The number of aryl methyl sites for hydroxylation is 2. The van der Waals surface area contributed by atoms with Crippen LogP contribution in [0.2, 0.25) is 5.02 Å². The van der Waals surface area contributed by atoms with Crippen molar-refractivity contribution in [1.82, 2.24) is 86.5 Å². The minimum Gasteiger partial charge on any atom is -0.339 e. The number of thiazole rings is 3. The zero-order chi connectivity index (χ0) is 97.6. The van der Waals surface area contributed by atoms with E-state index in [0.29, 0.717) is 105 Å². The van der Waals surface area contributed by atoms with Crippen LogP contribution in [-0.4, -0.2) is 183 Å². The summed E-state index contributed by atoms with van der Waals surface area (Å²) in [7, 11) is -7.00. The SMILES string of the molecule is C=S(=O)(c1ccc(Cl)cn1)N(C1CC1)[C@H]1CCC2=Cc3c(cnn3-c3ccc(F)cc3)C[C@]2(C(=O)c2ncc(C(F)(F)F)s2)C1.C=S(=O)(c1cn(C)cn1)N(C1CC(F)(F)C1)[C@H]1CCC2=Cc3c(cnn3-c3ccc(F)cc3)C[C@]2(C(=O)c2ncc(C(F)(F)F)s2)C1.C=S(=O)(c1ncn(C)n1)N(CC(F)F)[C@H]1CCC2=Cc3c(cnn3-c3ccc(F)cc3)C[C@]2(C(=O)c2ncc(C(F)(F)F)s2)C1. The molecule has 137 heavy (non-hydrogen) atoms. The van der Waals surface area contributed by atoms with Crippen molar-refractivity contribution in [2.45, 2.75) is 179 Å². The molecule has 0 saturated heterocycles. The molecule has 8 aliphatic carbocycles. The third-order valence-corrected chi connectivity index (χ3v) is 35.7. The molecule has 0 aliphatic heterocycles. The second kappa shape index (κ2) is 35.7. The van der Waals surface area contributed by atoms with Gasteiger partial charge in [-0.3, -0.25) is 19.1 Å². The molecular formula is C90H79ClF16N18O6S6. The summed E-state index contributed by atoms with van der Waals surface area (Å²) in [5, 5.41) is 17.0. The Bertz CT molecular complexity index is 7170. The molecular weight excluding hydrogens is 1960 g/mol. The number of imidazole rings is 1. The number of Topliss-reactive ketones (excluding diaryl/α,β-unsaturated/α-hetero) is 3. The van der Waals surface area contributed by atoms with E-state index in [9.17, 15) is 97.3 Å². The quantitative estimate of drug-likeness (QED) is 0.0347. The largest absolute Gasteiger partial charge is 0.427 e. The molecule has 0 amide bonds. The minimum atomic E-state index is -4.72. The van der Waals surface area contributed by atoms with Gasteiger partial charge in [0.15, 0.2) is 20.0 Å². The molecule has 0 spiro atoms. The van der Waals surface area contributed by atoms with Crippen LogP contribution in [0, 0.1) is 33.7 Å². The van der Waals surface area contributed by atoms with Crippen molar-refractivity contribution < 1.29 is 97.3 Å². The maximum atomic E-state index is 14.5. The maximum absolute atomic E-state index is 14.5. The monoisotopic (exact) mass is 2040 g/mol. The number of benzene rings is 3. The van der Waals surface area contributed by atoms with E-state index in [4.69, 9.17) is 11.6 Å². The molecule has 47 heteroatoms. The van der Waals surface area contributed by atoms with Crippen LogP contribution in [0.15, 0.2) is 179 Å². The molecule has 3 aromatic carbocycles. The van der Waals surface area contributed by atoms with Crippen LogP contribution >= 0.6 is 45.6 Å². The maximum Gasteiger partial charge on any atom is 0.427 e. The number of nitrogens with zero attached hydrogens (tertiary/aromatic N) is 18. The Balaban J connectivity index is 0.000000137. The van der Waals surface area contributed by atoms with E-state index < -0.39 is 163 Å². The normalized spacial score (nSPS) is 22.7. The molecule has 9 aromatic heterocycles. The summed E-state index contributed by atoms with van der Waals surface area (Å²) >= 11 is 6.83. The first-order chi connectivity index (χ1) is 64.6. The Hall–Kier alpha value is -11.0. The number of fused-ring (bicyclic) bond motifs is 6. The van der Waals surface area contributed by atoms with Gasteiger partial charge in [0.2, 0.25) is 22.5 Å². The highest BCUT2D eigenvalue weighted by atomic mass is 35.5. The van der Waals surface area contributed by atoms with E-state index in [0.717, 1.165) is 34.0 Å². The average Bonchev–Trinajstić information content (AvgIpc) is 1.71. The van der Waals surface area contributed by atoms with Crippen LogP contribution in [0.4, 0.5) is 70.2 Å². The first-order valence-corrected chi connectivity index (χ1v) is 50.4. The highest BCUT2D eigenvalue weighted by molar-refractivity contribution is 7.98. The molecule has 9 heterocycles. The number of rotatable bonds is 22. The fraction of sp³-hybridized carbons (Fsp3) is 0.356. The highest BCUT2D eigenvalue weighted by Gasteiger charge is 2.60. The summed E-state index contributed by atoms with van der Waals surface area (Å²) in [5.74, 6) is 5.75. The van der Waals surface area contributed by atoms with Gasteiger partial charge in [-0.05, 0) is 227 Å². The van der Waals surface area contributed by atoms with Gasteiger partial charge in [0.25, 0.3) is 12.3 Å². The van der Waals surface area contributed by atoms with Gasteiger partial charge >= 0.3 is 18.5 Å². The number of hydrogen-bond acceptors (Lipinski definition) is 19. The van der Waals surface area contributed by atoms with Crippen molar-refractivity contribution in [1.29, 1.82) is 0 Å². The molecule has 24 nitrogen and oxygen atoms in total. The number of alkyl halides is 13. The van der Waals surface area contributed by atoms with Gasteiger partial charge < -0.3 is 4.57 Å². The zero-order valence-electron chi connectivity index (χ0n) is 72.1. The van der Waals surface area contributed by atoms with E-state index in [1.54, 1.807) is 86.6 Å². The molecule has 5 saturated carbocycles. The van der Waals surface area contributed by atoms with Gasteiger partial charge in [0.1, 0.15) is 43.4 Å². The van der Waals surface area contributed by atoms with E-state index in [1.807, 2.05) is 10.4 Å². The fourth-order valence-electron chi connectivity index (χ4n) is 19.7. The molecule has 8 aliphatic rings. The molecule has 20 rings (SSSR count). The number of pyridine rings is 1. The summed E-state index contributed by atoms with van der Waals surface area (Å²) in [4.78, 5) is 64.4. The lowest BCUT2D eigenvalue weighted by Gasteiger charge is -2.51. The lowest BCUT2D eigenvalue weighted by Crippen LogP contribution is -2.59. The van der Waals surface area contributed by atoms with Gasteiger partial charge in [0, 0.05) is 69.5 Å². The van der Waals surface area contributed by atoms with Gasteiger partial charge in [-0.15, -0.1) is 39.1 Å². The smallest absolute Gasteiger partial charge is 0.339 e. The summed E-state index contributed by atoms with van der Waals surface area (Å²) in [5.41, 5.74) is 3.30. The van der Waals surface area contributed by atoms with Crippen LogP contribution in [0.25, 0.3) is 35.3 Å². The Labute approximate surface area is 789 Å². The number of ketones is 3. The van der Waals surface area contributed by atoms with Crippen LogP contribution in [0.1, 0.15) is 161 Å².